The number of rotatable bonds is 2. The molecular formula is C13H21O. The molecule has 1 aliphatic heterocycles. The fourth-order valence-corrected chi connectivity index (χ4v) is 3.83. The lowest BCUT2D eigenvalue weighted by Crippen LogP contribution is -2.53. The number of ether oxygens (including phenoxy) is 1. The van der Waals surface area contributed by atoms with E-state index in [9.17, 15) is 0 Å². The Balaban J connectivity index is 1.75. The first-order chi connectivity index (χ1) is 6.92. The van der Waals surface area contributed by atoms with Crippen molar-refractivity contribution in [3.63, 3.8) is 0 Å². The Morgan fingerprint density at radius 2 is 1.64 bits per heavy atom. The van der Waals surface area contributed by atoms with Crippen molar-refractivity contribution in [2.45, 2.75) is 63.4 Å². The summed E-state index contributed by atoms with van der Waals surface area (Å²) >= 11 is 0. The van der Waals surface area contributed by atoms with Gasteiger partial charge in [-0.3, -0.25) is 0 Å². The van der Waals surface area contributed by atoms with Crippen LogP contribution in [0.5, 0.6) is 0 Å². The molecule has 14 heavy (non-hydrogen) atoms. The lowest BCUT2D eigenvalue weighted by molar-refractivity contribution is -0.170. The Hall–Kier alpha value is -0.0400. The molecule has 3 rings (SSSR count). The Kier molecular flexibility index (Phi) is 2.31. The van der Waals surface area contributed by atoms with E-state index in [2.05, 4.69) is 0 Å². The summed E-state index contributed by atoms with van der Waals surface area (Å²) in [5.74, 6) is 2.68. The van der Waals surface area contributed by atoms with E-state index in [1.54, 1.807) is 5.92 Å². The highest BCUT2D eigenvalue weighted by molar-refractivity contribution is 5.18. The molecular weight excluding hydrogens is 172 g/mol. The standard InChI is InChI=1S/C13H21O/c1-2-6-11(5-1)13(9-10-14-13)12-7-3-4-8-12/h11H,1-10H2. The maximum Gasteiger partial charge on any atom is 0.0794 e. The van der Waals surface area contributed by atoms with E-state index in [0.29, 0.717) is 5.60 Å². The van der Waals surface area contributed by atoms with E-state index in [-0.39, 0.29) is 0 Å². The summed E-state index contributed by atoms with van der Waals surface area (Å²) in [5, 5.41) is 0. The average molecular weight is 193 g/mol. The fourth-order valence-electron chi connectivity index (χ4n) is 3.83. The molecule has 1 heterocycles. The molecule has 1 radical (unpaired) electrons. The van der Waals surface area contributed by atoms with Crippen LogP contribution in [0.25, 0.3) is 0 Å². The quantitative estimate of drug-likeness (QED) is 0.652. The van der Waals surface area contributed by atoms with Gasteiger partial charge in [-0.25, -0.2) is 0 Å². The lowest BCUT2D eigenvalue weighted by atomic mass is 9.70. The molecule has 0 spiro atoms. The predicted molar refractivity (Wildman–Crippen MR) is 57.0 cm³/mol. The van der Waals surface area contributed by atoms with Gasteiger partial charge in [-0.1, -0.05) is 25.7 Å². The van der Waals surface area contributed by atoms with Gasteiger partial charge in [0.15, 0.2) is 0 Å². The van der Waals surface area contributed by atoms with E-state index in [4.69, 9.17) is 4.74 Å². The first-order valence-electron chi connectivity index (χ1n) is 6.41. The largest absolute Gasteiger partial charge is 0.374 e. The normalized spacial score (nSPS) is 33.4. The summed E-state index contributed by atoms with van der Waals surface area (Å²) in [6.45, 7) is 1.03. The molecule has 79 valence electrons. The van der Waals surface area contributed by atoms with Crippen molar-refractivity contribution in [3.05, 3.63) is 5.92 Å². The van der Waals surface area contributed by atoms with Crippen LogP contribution in [-0.2, 0) is 4.74 Å². The third-order valence-electron chi connectivity index (χ3n) is 4.65. The molecule has 0 amide bonds. The van der Waals surface area contributed by atoms with Crippen LogP contribution in [-0.4, -0.2) is 12.2 Å². The van der Waals surface area contributed by atoms with Gasteiger partial charge in [0, 0.05) is 12.3 Å². The monoisotopic (exact) mass is 193 g/mol. The summed E-state index contributed by atoms with van der Waals surface area (Å²) in [4.78, 5) is 0. The molecule has 1 atom stereocenters. The van der Waals surface area contributed by atoms with E-state index in [0.717, 1.165) is 12.5 Å². The number of hydrogen-bond acceptors (Lipinski definition) is 1. The Morgan fingerprint density at radius 1 is 1.00 bits per heavy atom. The summed E-state index contributed by atoms with van der Waals surface area (Å²) < 4.78 is 6.05. The van der Waals surface area contributed by atoms with Crippen LogP contribution in [0.1, 0.15) is 57.8 Å². The van der Waals surface area contributed by atoms with Crippen molar-refractivity contribution in [2.75, 3.05) is 6.61 Å². The molecule has 2 saturated carbocycles. The second-order valence-corrected chi connectivity index (χ2v) is 5.28. The van der Waals surface area contributed by atoms with Gasteiger partial charge in [0.1, 0.15) is 0 Å². The molecule has 1 saturated heterocycles. The Labute approximate surface area is 87.2 Å². The molecule has 1 unspecified atom stereocenters. The van der Waals surface area contributed by atoms with Crippen LogP contribution in [0.3, 0.4) is 0 Å². The molecule has 0 N–H and O–H groups in total. The summed E-state index contributed by atoms with van der Waals surface area (Å²) in [6.07, 6.45) is 12.7. The Morgan fingerprint density at radius 3 is 2.14 bits per heavy atom. The van der Waals surface area contributed by atoms with E-state index >= 15 is 0 Å². The molecule has 1 nitrogen and oxygen atoms in total. The van der Waals surface area contributed by atoms with E-state index < -0.39 is 0 Å². The predicted octanol–water partition coefficient (Wildman–Crippen LogP) is 3.48. The minimum Gasteiger partial charge on any atom is -0.374 e. The first-order valence-corrected chi connectivity index (χ1v) is 6.41. The zero-order chi connectivity index (χ0) is 9.43. The molecule has 0 aromatic rings. The Bertz CT molecular complexity index is 177. The van der Waals surface area contributed by atoms with Crippen LogP contribution in [0.4, 0.5) is 0 Å². The van der Waals surface area contributed by atoms with E-state index in [1.165, 1.54) is 57.8 Å². The van der Waals surface area contributed by atoms with Crippen LogP contribution < -0.4 is 0 Å². The topological polar surface area (TPSA) is 9.23 Å². The molecule has 3 fully saturated rings. The van der Waals surface area contributed by atoms with Gasteiger partial charge in [0.25, 0.3) is 0 Å². The molecule has 2 aliphatic carbocycles. The van der Waals surface area contributed by atoms with Crippen molar-refractivity contribution >= 4 is 0 Å². The smallest absolute Gasteiger partial charge is 0.0794 e. The highest BCUT2D eigenvalue weighted by Crippen LogP contribution is 2.53. The van der Waals surface area contributed by atoms with Crippen LogP contribution >= 0.6 is 0 Å². The van der Waals surface area contributed by atoms with Gasteiger partial charge in [-0.15, -0.1) is 0 Å². The van der Waals surface area contributed by atoms with Crippen LogP contribution in [0.2, 0.25) is 0 Å². The summed E-state index contributed by atoms with van der Waals surface area (Å²) in [5.41, 5.74) is 0.299. The summed E-state index contributed by atoms with van der Waals surface area (Å²) in [6, 6.07) is 0. The minimum atomic E-state index is 0.299. The zero-order valence-corrected chi connectivity index (χ0v) is 9.06. The first kappa shape index (κ1) is 9.21. The van der Waals surface area contributed by atoms with Crippen molar-refractivity contribution in [2.24, 2.45) is 5.92 Å². The molecule has 1 heteroatoms. The number of hydrogen-bond donors (Lipinski definition) is 0. The molecule has 0 aromatic carbocycles. The minimum absolute atomic E-state index is 0.299. The third-order valence-corrected chi connectivity index (χ3v) is 4.65. The second-order valence-electron chi connectivity index (χ2n) is 5.28. The van der Waals surface area contributed by atoms with E-state index in [1.807, 2.05) is 0 Å². The SMILES string of the molecule is C1CC[C](C2(C3CCCC3)CCO2)C1. The fraction of sp³-hybridized carbons (Fsp3) is 0.923. The van der Waals surface area contributed by atoms with Crippen molar-refractivity contribution in [1.29, 1.82) is 0 Å². The highest BCUT2D eigenvalue weighted by Gasteiger charge is 2.52. The van der Waals surface area contributed by atoms with Gasteiger partial charge in [-0.2, -0.15) is 0 Å². The van der Waals surface area contributed by atoms with Gasteiger partial charge in [0.2, 0.25) is 0 Å². The van der Waals surface area contributed by atoms with Gasteiger partial charge < -0.3 is 4.74 Å². The van der Waals surface area contributed by atoms with Crippen LogP contribution in [0.15, 0.2) is 0 Å². The van der Waals surface area contributed by atoms with Crippen molar-refractivity contribution < 1.29 is 4.74 Å². The highest BCUT2D eigenvalue weighted by atomic mass is 16.5. The van der Waals surface area contributed by atoms with Crippen LogP contribution in [0, 0.1) is 11.8 Å². The van der Waals surface area contributed by atoms with Gasteiger partial charge >= 0.3 is 0 Å². The molecule has 3 aliphatic rings. The second kappa shape index (κ2) is 3.52. The maximum atomic E-state index is 6.05. The van der Waals surface area contributed by atoms with Gasteiger partial charge in [0.05, 0.1) is 12.2 Å². The zero-order valence-electron chi connectivity index (χ0n) is 9.06. The molecule has 0 aromatic heterocycles. The van der Waals surface area contributed by atoms with Gasteiger partial charge in [-0.05, 0) is 31.6 Å². The third kappa shape index (κ3) is 1.25. The maximum absolute atomic E-state index is 6.05. The van der Waals surface area contributed by atoms with Crippen molar-refractivity contribution in [1.82, 2.24) is 0 Å². The summed E-state index contributed by atoms with van der Waals surface area (Å²) in [7, 11) is 0. The lowest BCUT2D eigenvalue weighted by Gasteiger charge is -2.50. The molecule has 0 bridgehead atoms. The average Bonchev–Trinajstić information content (AvgIpc) is 2.71. The van der Waals surface area contributed by atoms with Crippen molar-refractivity contribution in [3.8, 4) is 0 Å².